The fourth-order valence-electron chi connectivity index (χ4n) is 3.02. The lowest BCUT2D eigenvalue weighted by molar-refractivity contribution is -0.137. The largest absolute Gasteiger partial charge is 0.348 e. The lowest BCUT2D eigenvalue weighted by atomic mass is 9.96. The van der Waals surface area contributed by atoms with Crippen LogP contribution in [0.2, 0.25) is 0 Å². The number of hydrogen-bond donors (Lipinski definition) is 1. The minimum absolute atomic E-state index is 0.0338. The molecule has 0 bridgehead atoms. The van der Waals surface area contributed by atoms with Gasteiger partial charge in [-0.2, -0.15) is 0 Å². The Morgan fingerprint density at radius 1 is 1.27 bits per heavy atom. The van der Waals surface area contributed by atoms with Gasteiger partial charge >= 0.3 is 0 Å². The van der Waals surface area contributed by atoms with Crippen LogP contribution in [-0.4, -0.2) is 34.8 Å². The van der Waals surface area contributed by atoms with E-state index in [1.807, 2.05) is 30.0 Å². The van der Waals surface area contributed by atoms with Gasteiger partial charge in [0.15, 0.2) is 0 Å². The lowest BCUT2D eigenvalue weighted by Crippen LogP contribution is -2.46. The fourth-order valence-corrected chi connectivity index (χ4v) is 3.02. The van der Waals surface area contributed by atoms with Crippen LogP contribution in [0, 0.1) is 11.8 Å². The number of carbonyl (C=O) groups excluding carboxylic acids is 2. The van der Waals surface area contributed by atoms with Crippen molar-refractivity contribution in [3.8, 4) is 0 Å². The Kier molecular flexibility index (Phi) is 4.41. The van der Waals surface area contributed by atoms with Crippen LogP contribution < -0.4 is 5.32 Å². The zero-order chi connectivity index (χ0) is 15.5. The molecule has 0 aromatic carbocycles. The highest BCUT2D eigenvalue weighted by Crippen LogP contribution is 2.32. The molecular formula is C17H23N3O2. The van der Waals surface area contributed by atoms with Crippen molar-refractivity contribution >= 4 is 11.8 Å². The number of hydrogen-bond acceptors (Lipinski definition) is 3. The monoisotopic (exact) mass is 301 g/mol. The van der Waals surface area contributed by atoms with E-state index in [2.05, 4.69) is 10.3 Å². The molecule has 2 fully saturated rings. The van der Waals surface area contributed by atoms with Gasteiger partial charge in [-0.1, -0.05) is 6.07 Å². The topological polar surface area (TPSA) is 62.3 Å². The molecule has 1 saturated carbocycles. The summed E-state index contributed by atoms with van der Waals surface area (Å²) in [4.78, 5) is 30.8. The van der Waals surface area contributed by atoms with Crippen LogP contribution >= 0.6 is 0 Å². The molecule has 22 heavy (non-hydrogen) atoms. The van der Waals surface area contributed by atoms with Gasteiger partial charge in [-0.15, -0.1) is 0 Å². The summed E-state index contributed by atoms with van der Waals surface area (Å²) in [5, 5.41) is 3.03. The maximum absolute atomic E-state index is 12.5. The molecule has 5 heteroatoms. The van der Waals surface area contributed by atoms with Gasteiger partial charge in [0.25, 0.3) is 0 Å². The molecule has 2 heterocycles. The molecule has 1 aromatic rings. The third-order valence-electron chi connectivity index (χ3n) is 4.52. The summed E-state index contributed by atoms with van der Waals surface area (Å²) in [6, 6.07) is 5.58. The van der Waals surface area contributed by atoms with Gasteiger partial charge < -0.3 is 10.2 Å². The molecule has 3 rings (SSSR count). The SMILES string of the molecule is C[C@@H](NC(=O)[C@H]1CCCN(C(=O)C2CC2)C1)c1ccccn1. The normalized spacial score (nSPS) is 23.0. The maximum atomic E-state index is 12.5. The number of piperidine rings is 1. The number of rotatable bonds is 4. The second kappa shape index (κ2) is 6.46. The Labute approximate surface area is 131 Å². The molecule has 1 aliphatic carbocycles. The molecule has 1 aliphatic heterocycles. The van der Waals surface area contributed by atoms with E-state index in [1.54, 1.807) is 6.20 Å². The first-order valence-electron chi connectivity index (χ1n) is 8.15. The molecule has 1 N–H and O–H groups in total. The van der Waals surface area contributed by atoms with Gasteiger partial charge in [0, 0.05) is 25.2 Å². The van der Waals surface area contributed by atoms with Gasteiger partial charge in [-0.25, -0.2) is 0 Å². The molecule has 2 atom stereocenters. The number of carbonyl (C=O) groups is 2. The van der Waals surface area contributed by atoms with E-state index in [0.717, 1.165) is 37.9 Å². The van der Waals surface area contributed by atoms with Gasteiger partial charge in [0.1, 0.15) is 0 Å². The Bertz CT molecular complexity index is 542. The van der Waals surface area contributed by atoms with E-state index in [9.17, 15) is 9.59 Å². The van der Waals surface area contributed by atoms with E-state index in [-0.39, 0.29) is 29.7 Å². The van der Waals surface area contributed by atoms with Crippen LogP contribution in [0.1, 0.15) is 44.3 Å². The van der Waals surface area contributed by atoms with Crippen LogP contribution in [0.3, 0.4) is 0 Å². The zero-order valence-corrected chi connectivity index (χ0v) is 13.0. The Morgan fingerprint density at radius 3 is 2.77 bits per heavy atom. The quantitative estimate of drug-likeness (QED) is 0.924. The summed E-state index contributed by atoms with van der Waals surface area (Å²) in [7, 11) is 0. The predicted molar refractivity (Wildman–Crippen MR) is 82.8 cm³/mol. The van der Waals surface area contributed by atoms with Crippen LogP contribution in [0.5, 0.6) is 0 Å². The minimum atomic E-state index is -0.108. The molecular weight excluding hydrogens is 278 g/mol. The summed E-state index contributed by atoms with van der Waals surface area (Å²) >= 11 is 0. The second-order valence-electron chi connectivity index (χ2n) is 6.38. The number of likely N-dealkylation sites (tertiary alicyclic amines) is 1. The standard InChI is InChI=1S/C17H23N3O2/c1-12(15-6-2-3-9-18-15)19-16(21)14-5-4-10-20(11-14)17(22)13-7-8-13/h2-3,6,9,12-14H,4-5,7-8,10-11H2,1H3,(H,19,21)/t12-,14+/m1/s1. The third-order valence-corrected chi connectivity index (χ3v) is 4.52. The highest BCUT2D eigenvalue weighted by Gasteiger charge is 2.36. The molecule has 1 aromatic heterocycles. The van der Waals surface area contributed by atoms with Crippen molar-refractivity contribution < 1.29 is 9.59 Å². The Balaban J connectivity index is 1.56. The number of nitrogens with one attached hydrogen (secondary N) is 1. The molecule has 2 aliphatic rings. The molecule has 1 saturated heterocycles. The van der Waals surface area contributed by atoms with E-state index in [1.165, 1.54) is 0 Å². The van der Waals surface area contributed by atoms with Crippen molar-refractivity contribution in [2.75, 3.05) is 13.1 Å². The summed E-state index contributed by atoms with van der Waals surface area (Å²) in [6.45, 7) is 3.31. The average molecular weight is 301 g/mol. The summed E-state index contributed by atoms with van der Waals surface area (Å²) in [6.07, 6.45) is 5.53. The molecule has 118 valence electrons. The predicted octanol–water partition coefficient (Wildman–Crippen LogP) is 1.91. The number of nitrogens with zero attached hydrogens (tertiary/aromatic N) is 2. The highest BCUT2D eigenvalue weighted by atomic mass is 16.2. The first kappa shape index (κ1) is 15.0. The number of pyridine rings is 1. The molecule has 0 unspecified atom stereocenters. The molecule has 2 amide bonds. The zero-order valence-electron chi connectivity index (χ0n) is 13.0. The first-order valence-corrected chi connectivity index (χ1v) is 8.15. The molecule has 0 spiro atoms. The summed E-state index contributed by atoms with van der Waals surface area (Å²) < 4.78 is 0. The first-order chi connectivity index (χ1) is 10.6. The van der Waals surface area contributed by atoms with Crippen LogP contribution in [0.15, 0.2) is 24.4 Å². The highest BCUT2D eigenvalue weighted by molar-refractivity contribution is 5.83. The number of amides is 2. The maximum Gasteiger partial charge on any atom is 0.225 e. The third kappa shape index (κ3) is 3.46. The van der Waals surface area contributed by atoms with Crippen LogP contribution in [0.4, 0.5) is 0 Å². The average Bonchev–Trinajstić information content (AvgIpc) is 3.40. The van der Waals surface area contributed by atoms with Crippen molar-refractivity contribution in [1.82, 2.24) is 15.2 Å². The van der Waals surface area contributed by atoms with E-state index >= 15 is 0 Å². The minimum Gasteiger partial charge on any atom is -0.348 e. The van der Waals surface area contributed by atoms with Crippen molar-refractivity contribution in [3.63, 3.8) is 0 Å². The fraction of sp³-hybridized carbons (Fsp3) is 0.588. The second-order valence-corrected chi connectivity index (χ2v) is 6.38. The number of aromatic nitrogens is 1. The van der Waals surface area contributed by atoms with Crippen LogP contribution in [0.25, 0.3) is 0 Å². The van der Waals surface area contributed by atoms with E-state index in [0.29, 0.717) is 6.54 Å². The lowest BCUT2D eigenvalue weighted by Gasteiger charge is -2.32. The van der Waals surface area contributed by atoms with Crippen molar-refractivity contribution in [2.45, 2.75) is 38.6 Å². The molecule has 5 nitrogen and oxygen atoms in total. The van der Waals surface area contributed by atoms with Gasteiger partial charge in [-0.05, 0) is 44.7 Å². The van der Waals surface area contributed by atoms with Crippen LogP contribution in [-0.2, 0) is 9.59 Å². The van der Waals surface area contributed by atoms with Gasteiger partial charge in [-0.3, -0.25) is 14.6 Å². The summed E-state index contributed by atoms with van der Waals surface area (Å²) in [5.41, 5.74) is 0.859. The molecule has 0 radical (unpaired) electrons. The van der Waals surface area contributed by atoms with E-state index < -0.39 is 0 Å². The Hall–Kier alpha value is -1.91. The van der Waals surface area contributed by atoms with Crippen molar-refractivity contribution in [3.05, 3.63) is 30.1 Å². The van der Waals surface area contributed by atoms with Gasteiger partial charge in [0.2, 0.25) is 11.8 Å². The van der Waals surface area contributed by atoms with E-state index in [4.69, 9.17) is 0 Å². The van der Waals surface area contributed by atoms with Gasteiger partial charge in [0.05, 0.1) is 17.7 Å². The smallest absolute Gasteiger partial charge is 0.225 e. The van der Waals surface area contributed by atoms with Crippen molar-refractivity contribution in [1.29, 1.82) is 0 Å². The summed E-state index contributed by atoms with van der Waals surface area (Å²) in [5.74, 6) is 0.415. The van der Waals surface area contributed by atoms with Crippen molar-refractivity contribution in [2.24, 2.45) is 11.8 Å². The Morgan fingerprint density at radius 2 is 2.09 bits per heavy atom.